The molecule has 3 rings (SSSR count). The van der Waals surface area contributed by atoms with Crippen LogP contribution in [0.15, 0.2) is 12.1 Å². The highest BCUT2D eigenvalue weighted by Crippen LogP contribution is 2.49. The molecule has 1 N–H and O–H groups in total. The number of rotatable bonds is 3. The minimum Gasteiger partial charge on any atom is -0.489 e. The molecule has 1 aliphatic carbocycles. The normalized spacial score (nSPS) is 19.8. The number of benzene rings is 1. The summed E-state index contributed by atoms with van der Waals surface area (Å²) >= 11 is 6.14. The molecule has 0 amide bonds. The minimum atomic E-state index is -1.43. The van der Waals surface area contributed by atoms with Crippen LogP contribution in [0.25, 0.3) is 0 Å². The van der Waals surface area contributed by atoms with Crippen LogP contribution in [-0.4, -0.2) is 30.9 Å². The van der Waals surface area contributed by atoms with Gasteiger partial charge in [0.1, 0.15) is 0 Å². The Kier molecular flexibility index (Phi) is 3.71. The van der Waals surface area contributed by atoms with Crippen molar-refractivity contribution >= 4 is 17.6 Å². The Morgan fingerprint density at radius 1 is 1.38 bits per heavy atom. The monoisotopic (exact) mass is 312 g/mol. The summed E-state index contributed by atoms with van der Waals surface area (Å²) in [5.74, 6) is 0.317. The third-order valence-electron chi connectivity index (χ3n) is 3.89. The second-order valence-corrected chi connectivity index (χ2v) is 5.96. The predicted molar refractivity (Wildman–Crippen MR) is 75.7 cm³/mol. The minimum absolute atomic E-state index is 0.116. The number of hydrogen-bond acceptors (Lipinski definition) is 5. The number of hydrogen-bond donors (Lipinski definition) is 1. The summed E-state index contributed by atoms with van der Waals surface area (Å²) in [6.45, 7) is 3.06. The molecule has 1 aliphatic heterocycles. The molecule has 114 valence electrons. The number of fused-ring (bicyclic) bond motifs is 1. The zero-order valence-electron chi connectivity index (χ0n) is 11.7. The Hall–Kier alpha value is -1.46. The first-order chi connectivity index (χ1) is 10.0. The fraction of sp³-hybridized carbons (Fsp3) is 0.533. The second-order valence-electron chi connectivity index (χ2n) is 5.55. The van der Waals surface area contributed by atoms with Crippen molar-refractivity contribution in [3.8, 4) is 11.5 Å². The smallest absolute Gasteiger partial charge is 0.339 e. The maximum Gasteiger partial charge on any atom is 0.339 e. The highest BCUT2D eigenvalue weighted by atomic mass is 35.5. The highest BCUT2D eigenvalue weighted by molar-refractivity contribution is 6.31. The molecule has 0 aromatic heterocycles. The van der Waals surface area contributed by atoms with Gasteiger partial charge >= 0.3 is 5.97 Å². The van der Waals surface area contributed by atoms with Crippen molar-refractivity contribution in [3.63, 3.8) is 0 Å². The molecular formula is C15H17ClO5. The lowest BCUT2D eigenvalue weighted by molar-refractivity contribution is -0.153. The molecule has 6 heteroatoms. The summed E-state index contributed by atoms with van der Waals surface area (Å²) in [7, 11) is 0. The number of ether oxygens (including phenoxy) is 3. The molecule has 0 radical (unpaired) electrons. The summed E-state index contributed by atoms with van der Waals surface area (Å²) in [4.78, 5) is 11.6. The van der Waals surface area contributed by atoms with E-state index < -0.39 is 12.1 Å². The number of aliphatic hydroxyl groups excluding tert-OH is 1. The van der Waals surface area contributed by atoms with Gasteiger partial charge in [0.2, 0.25) is 0 Å². The summed E-state index contributed by atoms with van der Waals surface area (Å²) in [6.07, 6.45) is 0.754. The molecule has 0 bridgehead atoms. The van der Waals surface area contributed by atoms with E-state index in [-0.39, 0.29) is 22.6 Å². The van der Waals surface area contributed by atoms with Gasteiger partial charge in [-0.25, -0.2) is 4.79 Å². The Balaban J connectivity index is 1.87. The molecule has 1 spiro atoms. The summed E-state index contributed by atoms with van der Waals surface area (Å²) < 4.78 is 16.3. The highest BCUT2D eigenvalue weighted by Gasteiger charge is 2.46. The molecule has 21 heavy (non-hydrogen) atoms. The quantitative estimate of drug-likeness (QED) is 0.869. The first-order valence-electron chi connectivity index (χ1n) is 6.98. The molecule has 2 aliphatic rings. The third-order valence-corrected chi connectivity index (χ3v) is 4.22. The first-order valence-corrected chi connectivity index (χ1v) is 7.36. The van der Waals surface area contributed by atoms with Gasteiger partial charge in [-0.05, 0) is 25.8 Å². The van der Waals surface area contributed by atoms with Crippen LogP contribution in [0.4, 0.5) is 0 Å². The van der Waals surface area contributed by atoms with Crippen LogP contribution in [0.1, 0.15) is 31.4 Å². The average Bonchev–Trinajstić information content (AvgIpc) is 3.26. The van der Waals surface area contributed by atoms with Crippen LogP contribution in [0.5, 0.6) is 11.5 Å². The zero-order chi connectivity index (χ0) is 15.0. The summed E-state index contributed by atoms with van der Waals surface area (Å²) in [5, 5.41) is 10.3. The van der Waals surface area contributed by atoms with Gasteiger partial charge in [0.25, 0.3) is 0 Å². The number of aliphatic hydroxyl groups is 1. The van der Waals surface area contributed by atoms with E-state index in [0.29, 0.717) is 24.7 Å². The average molecular weight is 313 g/mol. The van der Waals surface area contributed by atoms with Crippen molar-refractivity contribution in [1.29, 1.82) is 0 Å². The Morgan fingerprint density at radius 3 is 2.57 bits per heavy atom. The molecule has 1 saturated carbocycles. The van der Waals surface area contributed by atoms with Crippen molar-refractivity contribution in [1.82, 2.24) is 0 Å². The lowest BCUT2D eigenvalue weighted by Crippen LogP contribution is -2.17. The van der Waals surface area contributed by atoms with Crippen LogP contribution in [-0.2, 0) is 9.53 Å². The standard InChI is InChI=1S/C15H17ClO5/c1-2-19-14(18)13(17)9-5-11-12(6-10(9)16)21-8-15(3-4-15)7-20-11/h5-6,13,17H,2-4,7-8H2,1H3. The van der Waals surface area contributed by atoms with Crippen LogP contribution in [0, 0.1) is 5.41 Å². The van der Waals surface area contributed by atoms with E-state index in [2.05, 4.69) is 0 Å². The van der Waals surface area contributed by atoms with Gasteiger partial charge in [0.05, 0.1) is 24.8 Å². The predicted octanol–water partition coefficient (Wildman–Crippen LogP) is 2.49. The second kappa shape index (κ2) is 5.39. The van der Waals surface area contributed by atoms with Crippen molar-refractivity contribution < 1.29 is 24.1 Å². The SMILES string of the molecule is CCOC(=O)C(O)c1cc2c(cc1Cl)OCC1(CC1)CO2. The number of esters is 1. The molecule has 1 fully saturated rings. The topological polar surface area (TPSA) is 65.0 Å². The molecule has 1 heterocycles. The fourth-order valence-electron chi connectivity index (χ4n) is 2.30. The van der Waals surface area contributed by atoms with Crippen LogP contribution in [0.3, 0.4) is 0 Å². The van der Waals surface area contributed by atoms with E-state index in [4.69, 9.17) is 25.8 Å². The van der Waals surface area contributed by atoms with E-state index in [1.807, 2.05) is 0 Å². The lowest BCUT2D eigenvalue weighted by Gasteiger charge is -2.15. The van der Waals surface area contributed by atoms with Crippen molar-refractivity contribution in [3.05, 3.63) is 22.7 Å². The molecule has 1 atom stereocenters. The van der Waals surface area contributed by atoms with Crippen LogP contribution < -0.4 is 9.47 Å². The van der Waals surface area contributed by atoms with Gasteiger partial charge in [-0.15, -0.1) is 0 Å². The Morgan fingerprint density at radius 2 is 2.00 bits per heavy atom. The van der Waals surface area contributed by atoms with Crippen molar-refractivity contribution in [2.45, 2.75) is 25.9 Å². The molecule has 1 unspecified atom stereocenters. The van der Waals surface area contributed by atoms with Gasteiger partial charge in [-0.1, -0.05) is 11.6 Å². The third kappa shape index (κ3) is 2.80. The number of carbonyl (C=O) groups excluding carboxylic acids is 1. The van der Waals surface area contributed by atoms with Gasteiger partial charge in [-0.2, -0.15) is 0 Å². The van der Waals surface area contributed by atoms with Crippen molar-refractivity contribution in [2.75, 3.05) is 19.8 Å². The van der Waals surface area contributed by atoms with E-state index in [0.717, 1.165) is 12.8 Å². The van der Waals surface area contributed by atoms with Gasteiger partial charge in [0.15, 0.2) is 17.6 Å². The first kappa shape index (κ1) is 14.5. The number of halogens is 1. The van der Waals surface area contributed by atoms with E-state index >= 15 is 0 Å². The van der Waals surface area contributed by atoms with E-state index in [1.54, 1.807) is 19.1 Å². The largest absolute Gasteiger partial charge is 0.489 e. The summed E-state index contributed by atoms with van der Waals surface area (Å²) in [5.41, 5.74) is 0.384. The molecule has 0 saturated heterocycles. The molecule has 1 aromatic carbocycles. The maximum absolute atomic E-state index is 11.6. The fourth-order valence-corrected chi connectivity index (χ4v) is 2.56. The van der Waals surface area contributed by atoms with Gasteiger partial charge in [0, 0.05) is 17.0 Å². The van der Waals surface area contributed by atoms with Crippen molar-refractivity contribution in [2.24, 2.45) is 5.41 Å². The molecule has 5 nitrogen and oxygen atoms in total. The molecular weight excluding hydrogens is 296 g/mol. The van der Waals surface area contributed by atoms with Gasteiger partial charge in [-0.3, -0.25) is 0 Å². The maximum atomic E-state index is 11.6. The summed E-state index contributed by atoms with van der Waals surface area (Å²) in [6, 6.07) is 3.14. The molecule has 1 aromatic rings. The van der Waals surface area contributed by atoms with Crippen LogP contribution >= 0.6 is 11.6 Å². The Labute approximate surface area is 127 Å². The van der Waals surface area contributed by atoms with E-state index in [9.17, 15) is 9.90 Å². The lowest BCUT2D eigenvalue weighted by atomic mass is 10.1. The van der Waals surface area contributed by atoms with Gasteiger partial charge < -0.3 is 19.3 Å². The Bertz CT molecular complexity index is 567. The van der Waals surface area contributed by atoms with E-state index in [1.165, 1.54) is 0 Å². The number of carbonyl (C=O) groups is 1. The van der Waals surface area contributed by atoms with Crippen LogP contribution in [0.2, 0.25) is 5.02 Å². The zero-order valence-corrected chi connectivity index (χ0v) is 12.5.